The maximum Gasteiger partial charge on any atom is 0.278 e. The van der Waals surface area contributed by atoms with E-state index >= 15 is 0 Å². The van der Waals surface area contributed by atoms with Crippen molar-refractivity contribution in [1.82, 2.24) is 10.4 Å². The van der Waals surface area contributed by atoms with E-state index in [4.69, 9.17) is 9.94 Å². The van der Waals surface area contributed by atoms with Gasteiger partial charge in [-0.15, -0.1) is 0 Å². The van der Waals surface area contributed by atoms with E-state index in [1.807, 2.05) is 37.3 Å². The molecule has 0 spiro atoms. The van der Waals surface area contributed by atoms with Gasteiger partial charge >= 0.3 is 0 Å². The van der Waals surface area contributed by atoms with Crippen LogP contribution in [-0.2, 0) is 14.4 Å². The van der Waals surface area contributed by atoms with Crippen molar-refractivity contribution in [3.05, 3.63) is 54.6 Å². The zero-order chi connectivity index (χ0) is 24.5. The third-order valence-electron chi connectivity index (χ3n) is 5.82. The lowest BCUT2D eigenvalue weighted by Gasteiger charge is -2.29. The summed E-state index contributed by atoms with van der Waals surface area (Å²) < 4.78 is 20.5. The standard InChI is InChI=1S/C25H30FN3O5/c1-2-3-13-20(22(26)24(31)28-33)25(32)29-15-8-14-21(29)23(30)27-17-9-7-12-19(16-17)34-18-10-5-4-6-11-18/h4-7,9-12,16,20-22,33H,2-3,8,13-15H2,1H3,(H,27,30)(H,28,31)/t20-,21?,22-/m1/s1. The second-order valence-electron chi connectivity index (χ2n) is 8.25. The second-order valence-corrected chi connectivity index (χ2v) is 8.25. The van der Waals surface area contributed by atoms with Gasteiger partial charge in [0.2, 0.25) is 11.8 Å². The maximum atomic E-state index is 14.7. The van der Waals surface area contributed by atoms with E-state index in [-0.39, 0.29) is 12.3 Å². The zero-order valence-corrected chi connectivity index (χ0v) is 19.1. The Bertz CT molecular complexity index is 988. The molecule has 3 rings (SSSR count). The Kier molecular flexibility index (Phi) is 8.98. The van der Waals surface area contributed by atoms with Crippen LogP contribution in [0.4, 0.5) is 10.1 Å². The minimum atomic E-state index is -2.19. The number of hydrogen-bond acceptors (Lipinski definition) is 5. The monoisotopic (exact) mass is 471 g/mol. The molecule has 2 aromatic rings. The number of benzene rings is 2. The lowest BCUT2D eigenvalue weighted by molar-refractivity contribution is -0.148. The first-order valence-corrected chi connectivity index (χ1v) is 11.5. The number of amides is 3. The Morgan fingerprint density at radius 2 is 1.88 bits per heavy atom. The average Bonchev–Trinajstić information content (AvgIpc) is 3.34. The van der Waals surface area contributed by atoms with Crippen molar-refractivity contribution in [2.75, 3.05) is 11.9 Å². The summed E-state index contributed by atoms with van der Waals surface area (Å²) >= 11 is 0. The first-order valence-electron chi connectivity index (χ1n) is 11.5. The molecule has 3 amide bonds. The fourth-order valence-corrected chi connectivity index (χ4v) is 4.07. The Morgan fingerprint density at radius 1 is 1.15 bits per heavy atom. The molecular weight excluding hydrogens is 441 g/mol. The van der Waals surface area contributed by atoms with Crippen LogP contribution >= 0.6 is 0 Å². The molecule has 1 aliphatic heterocycles. The Morgan fingerprint density at radius 3 is 2.59 bits per heavy atom. The van der Waals surface area contributed by atoms with Crippen molar-refractivity contribution in [1.29, 1.82) is 0 Å². The van der Waals surface area contributed by atoms with Gasteiger partial charge in [-0.2, -0.15) is 0 Å². The van der Waals surface area contributed by atoms with Crippen LogP contribution in [0.15, 0.2) is 54.6 Å². The van der Waals surface area contributed by atoms with Crippen molar-refractivity contribution < 1.29 is 28.7 Å². The molecule has 0 saturated carbocycles. The van der Waals surface area contributed by atoms with Crippen molar-refractivity contribution in [2.45, 2.75) is 51.2 Å². The Balaban J connectivity index is 1.70. The normalized spacial score (nSPS) is 17.0. The van der Waals surface area contributed by atoms with Crippen LogP contribution in [0.25, 0.3) is 0 Å². The number of hydroxylamine groups is 1. The van der Waals surface area contributed by atoms with Crippen LogP contribution in [0.1, 0.15) is 39.0 Å². The van der Waals surface area contributed by atoms with E-state index in [9.17, 15) is 18.8 Å². The van der Waals surface area contributed by atoms with Crippen molar-refractivity contribution >= 4 is 23.4 Å². The molecular formula is C25H30FN3O5. The average molecular weight is 472 g/mol. The lowest BCUT2D eigenvalue weighted by atomic mass is 9.94. The molecule has 182 valence electrons. The maximum absolute atomic E-state index is 14.7. The highest BCUT2D eigenvalue weighted by atomic mass is 19.1. The highest BCUT2D eigenvalue weighted by molar-refractivity contribution is 5.98. The quantitative estimate of drug-likeness (QED) is 0.358. The highest BCUT2D eigenvalue weighted by Crippen LogP contribution is 2.28. The van der Waals surface area contributed by atoms with Crippen molar-refractivity contribution in [3.63, 3.8) is 0 Å². The third-order valence-corrected chi connectivity index (χ3v) is 5.82. The largest absolute Gasteiger partial charge is 0.457 e. The fraction of sp³-hybridized carbons (Fsp3) is 0.400. The van der Waals surface area contributed by atoms with Crippen LogP contribution in [0, 0.1) is 5.92 Å². The number of para-hydroxylation sites is 1. The summed E-state index contributed by atoms with van der Waals surface area (Å²) in [4.78, 5) is 39.2. The van der Waals surface area contributed by atoms with Crippen LogP contribution in [-0.4, -0.2) is 46.6 Å². The first kappa shape index (κ1) is 25.2. The fourth-order valence-electron chi connectivity index (χ4n) is 4.07. The van der Waals surface area contributed by atoms with E-state index in [0.29, 0.717) is 49.4 Å². The molecule has 0 aromatic heterocycles. The Labute approximate surface area is 198 Å². The molecule has 1 fully saturated rings. The molecule has 0 radical (unpaired) electrons. The van der Waals surface area contributed by atoms with E-state index in [1.54, 1.807) is 24.3 Å². The number of ether oxygens (including phenoxy) is 1. The van der Waals surface area contributed by atoms with Gasteiger partial charge in [0.15, 0.2) is 6.17 Å². The second kappa shape index (κ2) is 12.1. The number of likely N-dealkylation sites (tertiary alicyclic amines) is 1. The van der Waals surface area contributed by atoms with E-state index in [1.165, 1.54) is 10.4 Å². The summed E-state index contributed by atoms with van der Waals surface area (Å²) in [5.74, 6) is -2.31. The summed E-state index contributed by atoms with van der Waals surface area (Å²) in [6.07, 6.45) is 0.219. The van der Waals surface area contributed by atoms with Gasteiger partial charge < -0.3 is 15.0 Å². The number of nitrogens with zero attached hydrogens (tertiary/aromatic N) is 1. The van der Waals surface area contributed by atoms with E-state index in [2.05, 4.69) is 5.32 Å². The summed E-state index contributed by atoms with van der Waals surface area (Å²) in [6.45, 7) is 2.19. The predicted molar refractivity (Wildman–Crippen MR) is 124 cm³/mol. The molecule has 0 bridgehead atoms. The SMILES string of the molecule is CCCC[C@@H](C(=O)N1CCCC1C(=O)Nc1cccc(Oc2ccccc2)c1)[C@@H](F)C(=O)NO. The molecule has 3 atom stereocenters. The number of nitrogens with one attached hydrogen (secondary N) is 2. The van der Waals surface area contributed by atoms with Gasteiger partial charge in [0.1, 0.15) is 17.5 Å². The van der Waals surface area contributed by atoms with Crippen LogP contribution in [0.2, 0.25) is 0 Å². The molecule has 1 unspecified atom stereocenters. The smallest absolute Gasteiger partial charge is 0.278 e. The number of unbranched alkanes of at least 4 members (excludes halogenated alkanes) is 1. The number of rotatable bonds is 10. The van der Waals surface area contributed by atoms with Crippen LogP contribution < -0.4 is 15.5 Å². The third kappa shape index (κ3) is 6.32. The topological polar surface area (TPSA) is 108 Å². The molecule has 1 heterocycles. The summed E-state index contributed by atoms with van der Waals surface area (Å²) in [5.41, 5.74) is 1.78. The predicted octanol–water partition coefficient (Wildman–Crippen LogP) is 4.06. The van der Waals surface area contributed by atoms with Gasteiger partial charge in [-0.1, -0.05) is 44.0 Å². The number of halogens is 1. The minimum Gasteiger partial charge on any atom is -0.457 e. The summed E-state index contributed by atoms with van der Waals surface area (Å²) in [7, 11) is 0. The number of carbonyl (C=O) groups is 3. The summed E-state index contributed by atoms with van der Waals surface area (Å²) in [5, 5.41) is 11.6. The molecule has 2 aromatic carbocycles. The molecule has 3 N–H and O–H groups in total. The van der Waals surface area contributed by atoms with Gasteiger partial charge in [0.05, 0.1) is 5.92 Å². The zero-order valence-electron chi connectivity index (χ0n) is 19.1. The molecule has 9 heteroatoms. The van der Waals surface area contributed by atoms with Crippen molar-refractivity contribution in [2.24, 2.45) is 5.92 Å². The van der Waals surface area contributed by atoms with Crippen LogP contribution in [0.3, 0.4) is 0 Å². The van der Waals surface area contributed by atoms with Crippen molar-refractivity contribution in [3.8, 4) is 11.5 Å². The lowest BCUT2D eigenvalue weighted by Crippen LogP contribution is -2.49. The number of anilines is 1. The molecule has 1 aliphatic rings. The molecule has 8 nitrogen and oxygen atoms in total. The summed E-state index contributed by atoms with van der Waals surface area (Å²) in [6, 6.07) is 15.3. The van der Waals surface area contributed by atoms with Crippen LogP contribution in [0.5, 0.6) is 11.5 Å². The minimum absolute atomic E-state index is 0.146. The van der Waals surface area contributed by atoms with Gasteiger partial charge in [-0.05, 0) is 43.5 Å². The van der Waals surface area contributed by atoms with E-state index < -0.39 is 29.9 Å². The van der Waals surface area contributed by atoms with Gasteiger partial charge in [0, 0.05) is 18.3 Å². The van der Waals surface area contributed by atoms with Gasteiger partial charge in [0.25, 0.3) is 5.91 Å². The molecule has 1 saturated heterocycles. The first-order chi connectivity index (χ1) is 16.4. The molecule has 34 heavy (non-hydrogen) atoms. The number of hydrogen-bond donors (Lipinski definition) is 3. The molecule has 0 aliphatic carbocycles. The highest BCUT2D eigenvalue weighted by Gasteiger charge is 2.41. The van der Waals surface area contributed by atoms with Gasteiger partial charge in [-0.25, -0.2) is 9.87 Å². The Hall–Kier alpha value is -3.46. The van der Waals surface area contributed by atoms with Gasteiger partial charge in [-0.3, -0.25) is 19.6 Å². The number of carbonyl (C=O) groups excluding carboxylic acids is 3. The van der Waals surface area contributed by atoms with E-state index in [0.717, 1.165) is 0 Å². The number of alkyl halides is 1.